The molecule has 6 heteroatoms. The van der Waals surface area contributed by atoms with Crippen molar-refractivity contribution in [3.05, 3.63) is 47.8 Å². The Bertz CT molecular complexity index is 738. The number of aromatic nitrogens is 1. The summed E-state index contributed by atoms with van der Waals surface area (Å²) < 4.78 is 16.7. The third-order valence-corrected chi connectivity index (χ3v) is 5.15. The number of H-pyrrole nitrogens is 1. The Hall–Kier alpha value is -2.47. The molecule has 26 heavy (non-hydrogen) atoms. The van der Waals surface area contributed by atoms with Crippen LogP contribution in [0, 0.1) is 0 Å². The van der Waals surface area contributed by atoms with Gasteiger partial charge in [0.1, 0.15) is 5.41 Å². The average Bonchev–Trinajstić information content (AvgIpc) is 3.37. The molecule has 0 radical (unpaired) electrons. The number of esters is 1. The van der Waals surface area contributed by atoms with E-state index in [1.807, 2.05) is 30.3 Å². The summed E-state index contributed by atoms with van der Waals surface area (Å²) in [6.45, 7) is 0.0649. The van der Waals surface area contributed by atoms with Gasteiger partial charge in [0.05, 0.1) is 20.3 Å². The van der Waals surface area contributed by atoms with Crippen LogP contribution in [0.3, 0.4) is 0 Å². The summed E-state index contributed by atoms with van der Waals surface area (Å²) in [5.74, 6) is 0.854. The maximum absolute atomic E-state index is 12.8. The number of nitrogens with one attached hydrogen (secondary N) is 1. The van der Waals surface area contributed by atoms with Crippen molar-refractivity contribution >= 4 is 5.97 Å². The van der Waals surface area contributed by atoms with Crippen LogP contribution in [0.15, 0.2) is 36.5 Å². The van der Waals surface area contributed by atoms with E-state index in [1.54, 1.807) is 13.3 Å². The summed E-state index contributed by atoms with van der Waals surface area (Å²) in [6.07, 6.45) is 6.34. The molecule has 0 saturated heterocycles. The zero-order chi connectivity index (χ0) is 18.6. The molecule has 140 valence electrons. The molecule has 1 aromatic heterocycles. The lowest BCUT2D eigenvalue weighted by Crippen LogP contribution is -2.45. The first-order valence-corrected chi connectivity index (χ1v) is 8.93. The Morgan fingerprint density at radius 2 is 2.00 bits per heavy atom. The quantitative estimate of drug-likeness (QED) is 0.743. The first-order chi connectivity index (χ1) is 12.7. The number of nitrogens with two attached hydrogens (primary N) is 1. The van der Waals surface area contributed by atoms with Crippen LogP contribution in [0.5, 0.6) is 11.5 Å². The van der Waals surface area contributed by atoms with E-state index in [-0.39, 0.29) is 12.6 Å². The van der Waals surface area contributed by atoms with Crippen LogP contribution in [0.25, 0.3) is 0 Å². The summed E-state index contributed by atoms with van der Waals surface area (Å²) in [6, 6.07) is 9.18. The van der Waals surface area contributed by atoms with Gasteiger partial charge in [-0.3, -0.25) is 4.79 Å². The molecule has 2 aromatic rings. The molecule has 1 heterocycles. The third-order valence-electron chi connectivity index (χ3n) is 5.15. The van der Waals surface area contributed by atoms with Gasteiger partial charge in [-0.25, -0.2) is 0 Å². The van der Waals surface area contributed by atoms with Crippen molar-refractivity contribution in [1.29, 1.82) is 0 Å². The number of ether oxygens (including phenoxy) is 3. The first kappa shape index (κ1) is 18.3. The topological polar surface area (TPSA) is 86.6 Å². The van der Waals surface area contributed by atoms with Crippen molar-refractivity contribution < 1.29 is 19.0 Å². The van der Waals surface area contributed by atoms with Crippen molar-refractivity contribution in [3.63, 3.8) is 0 Å². The number of benzene rings is 1. The molecular weight excluding hydrogens is 332 g/mol. The van der Waals surface area contributed by atoms with E-state index in [2.05, 4.69) is 4.98 Å². The number of aromatic amines is 1. The molecule has 0 amide bonds. The lowest BCUT2D eigenvalue weighted by Gasteiger charge is -2.30. The second kappa shape index (κ2) is 7.83. The number of hydrogen-bond acceptors (Lipinski definition) is 5. The van der Waals surface area contributed by atoms with Crippen LogP contribution < -0.4 is 15.2 Å². The molecule has 0 bridgehead atoms. The maximum Gasteiger partial charge on any atom is 0.323 e. The van der Waals surface area contributed by atoms with Crippen LogP contribution >= 0.6 is 0 Å². The van der Waals surface area contributed by atoms with Gasteiger partial charge in [0.2, 0.25) is 0 Å². The summed E-state index contributed by atoms with van der Waals surface area (Å²) in [4.78, 5) is 15.9. The zero-order valence-corrected chi connectivity index (χ0v) is 15.3. The third kappa shape index (κ3) is 3.17. The van der Waals surface area contributed by atoms with Crippen LogP contribution in [-0.2, 0) is 14.9 Å². The van der Waals surface area contributed by atoms with E-state index in [4.69, 9.17) is 19.9 Å². The lowest BCUT2D eigenvalue weighted by atomic mass is 9.77. The van der Waals surface area contributed by atoms with E-state index in [1.165, 1.54) is 20.0 Å². The van der Waals surface area contributed by atoms with Gasteiger partial charge in [0.15, 0.2) is 11.5 Å². The van der Waals surface area contributed by atoms with Crippen molar-refractivity contribution in [2.45, 2.75) is 37.2 Å². The van der Waals surface area contributed by atoms with Crippen molar-refractivity contribution in [3.8, 4) is 11.5 Å². The first-order valence-electron chi connectivity index (χ1n) is 8.93. The fourth-order valence-electron chi connectivity index (χ4n) is 3.68. The largest absolute Gasteiger partial charge is 0.493 e. The van der Waals surface area contributed by atoms with Crippen LogP contribution in [0.4, 0.5) is 0 Å². The number of carbonyl (C=O) groups is 1. The highest BCUT2D eigenvalue weighted by atomic mass is 16.5. The highest BCUT2D eigenvalue weighted by Crippen LogP contribution is 2.39. The van der Waals surface area contributed by atoms with Gasteiger partial charge in [0.25, 0.3) is 0 Å². The van der Waals surface area contributed by atoms with Crippen molar-refractivity contribution in [1.82, 2.24) is 4.98 Å². The van der Waals surface area contributed by atoms with E-state index in [0.717, 1.165) is 12.8 Å². The summed E-state index contributed by atoms with van der Waals surface area (Å²) in [5.41, 5.74) is 6.37. The maximum atomic E-state index is 12.8. The van der Waals surface area contributed by atoms with Gasteiger partial charge in [-0.15, -0.1) is 0 Å². The molecule has 3 N–H and O–H groups in total. The Kier molecular flexibility index (Phi) is 5.52. The number of methoxy groups -OCH3 is 2. The number of rotatable bonds is 7. The smallest absolute Gasteiger partial charge is 0.323 e. The molecule has 3 rings (SSSR count). The monoisotopic (exact) mass is 358 g/mol. The predicted octanol–water partition coefficient (Wildman–Crippen LogP) is 2.76. The van der Waals surface area contributed by atoms with E-state index in [9.17, 15) is 4.79 Å². The summed E-state index contributed by atoms with van der Waals surface area (Å²) >= 11 is 0. The predicted molar refractivity (Wildman–Crippen MR) is 98.5 cm³/mol. The molecule has 0 aliphatic heterocycles. The normalized spacial score (nSPS) is 16.9. The minimum Gasteiger partial charge on any atom is -0.493 e. The molecular formula is C20H26N2O4. The number of carbonyl (C=O) groups excluding carboxylic acids is 1. The Morgan fingerprint density at radius 1 is 1.23 bits per heavy atom. The Labute approximate surface area is 153 Å². The summed E-state index contributed by atoms with van der Waals surface area (Å²) in [5, 5.41) is 0. The fourth-order valence-corrected chi connectivity index (χ4v) is 3.68. The second-order valence-corrected chi connectivity index (χ2v) is 6.57. The van der Waals surface area contributed by atoms with Crippen LogP contribution in [0.2, 0.25) is 0 Å². The molecule has 1 aliphatic rings. The van der Waals surface area contributed by atoms with Crippen LogP contribution in [0.1, 0.15) is 36.9 Å². The van der Waals surface area contributed by atoms with E-state index < -0.39 is 11.4 Å². The highest BCUT2D eigenvalue weighted by molar-refractivity contribution is 5.87. The van der Waals surface area contributed by atoms with Gasteiger partial charge < -0.3 is 24.9 Å². The Morgan fingerprint density at radius 3 is 2.58 bits per heavy atom. The minimum absolute atomic E-state index is 0.0649. The van der Waals surface area contributed by atoms with Gasteiger partial charge in [-0.05, 0) is 55.5 Å². The molecule has 1 atom stereocenters. The molecule has 1 fully saturated rings. The van der Waals surface area contributed by atoms with E-state index in [0.29, 0.717) is 22.8 Å². The minimum atomic E-state index is -1.13. The van der Waals surface area contributed by atoms with Crippen molar-refractivity contribution in [2.24, 2.45) is 5.73 Å². The highest BCUT2D eigenvalue weighted by Gasteiger charge is 2.43. The number of hydrogen-bond donors (Lipinski definition) is 2. The molecule has 1 saturated carbocycles. The molecule has 1 unspecified atom stereocenters. The van der Waals surface area contributed by atoms with E-state index >= 15 is 0 Å². The molecule has 0 spiro atoms. The van der Waals surface area contributed by atoms with Gasteiger partial charge in [0, 0.05) is 18.4 Å². The summed E-state index contributed by atoms with van der Waals surface area (Å²) in [7, 11) is 2.98. The second-order valence-electron chi connectivity index (χ2n) is 6.57. The molecule has 6 nitrogen and oxygen atoms in total. The van der Waals surface area contributed by atoms with Crippen LogP contribution in [-0.4, -0.2) is 37.8 Å². The van der Waals surface area contributed by atoms with Gasteiger partial charge >= 0.3 is 5.97 Å². The Balaban J connectivity index is 2.07. The molecule has 1 aromatic carbocycles. The lowest BCUT2D eigenvalue weighted by molar-refractivity contribution is -0.145. The average molecular weight is 358 g/mol. The zero-order valence-electron chi connectivity index (χ0n) is 15.3. The SMILES string of the molecule is COC(=O)C(CN)(c1ccc(OC)c(OC2CCCC2)c1)c1ccc[nH]1. The fraction of sp³-hybridized carbons (Fsp3) is 0.450. The van der Waals surface area contributed by atoms with Gasteiger partial charge in [-0.1, -0.05) is 6.07 Å². The molecule has 1 aliphatic carbocycles. The van der Waals surface area contributed by atoms with Crippen molar-refractivity contribution in [2.75, 3.05) is 20.8 Å². The van der Waals surface area contributed by atoms with Gasteiger partial charge in [-0.2, -0.15) is 0 Å². The standard InChI is InChI=1S/C20H26N2O4/c1-24-16-10-9-14(12-17(16)26-15-6-3-4-7-15)20(13-21,19(23)25-2)18-8-5-11-22-18/h5,8-12,15,22H,3-4,6-7,13,21H2,1-2H3.